The molecule has 2 aromatic carbocycles. The Bertz CT molecular complexity index is 967. The average molecular weight is 404 g/mol. The maximum absolute atomic E-state index is 13.0. The lowest BCUT2D eigenvalue weighted by molar-refractivity contribution is 0.112. The highest BCUT2D eigenvalue weighted by Gasteiger charge is 2.29. The summed E-state index contributed by atoms with van der Waals surface area (Å²) in [5.41, 5.74) is 2.66. The van der Waals surface area contributed by atoms with Crippen LogP contribution in [0.3, 0.4) is 0 Å². The normalized spacial score (nSPS) is 15.3. The van der Waals surface area contributed by atoms with E-state index in [1.54, 1.807) is 12.1 Å². The van der Waals surface area contributed by atoms with Gasteiger partial charge in [0.15, 0.2) is 11.5 Å². The molecule has 0 radical (unpaired) electrons. The van der Waals surface area contributed by atoms with Crippen LogP contribution in [-0.4, -0.2) is 59.4 Å². The van der Waals surface area contributed by atoms with E-state index in [1.165, 1.54) is 30.7 Å². The van der Waals surface area contributed by atoms with Crippen molar-refractivity contribution in [3.8, 4) is 11.5 Å². The lowest BCUT2D eigenvalue weighted by Gasteiger charge is -2.36. The van der Waals surface area contributed by atoms with E-state index in [-0.39, 0.29) is 4.90 Å². The van der Waals surface area contributed by atoms with E-state index < -0.39 is 10.0 Å². The minimum absolute atomic E-state index is 0.185. The van der Waals surface area contributed by atoms with Crippen molar-refractivity contribution in [1.29, 1.82) is 0 Å². The molecule has 0 spiro atoms. The second-order valence-electron chi connectivity index (χ2n) is 6.57. The molecule has 0 N–H and O–H groups in total. The van der Waals surface area contributed by atoms with Crippen molar-refractivity contribution in [2.24, 2.45) is 0 Å². The van der Waals surface area contributed by atoms with E-state index >= 15 is 0 Å². The number of hydrogen-bond donors (Lipinski definition) is 0. The van der Waals surface area contributed by atoms with E-state index in [9.17, 15) is 13.2 Å². The van der Waals surface area contributed by atoms with Gasteiger partial charge >= 0.3 is 0 Å². The third kappa shape index (κ3) is 3.83. The number of aldehydes is 1. The van der Waals surface area contributed by atoms with Crippen molar-refractivity contribution in [1.82, 2.24) is 4.31 Å². The number of piperazine rings is 1. The van der Waals surface area contributed by atoms with Crippen LogP contribution in [0.15, 0.2) is 41.3 Å². The predicted octanol–water partition coefficient (Wildman–Crippen LogP) is 2.34. The Morgan fingerprint density at radius 1 is 0.929 bits per heavy atom. The van der Waals surface area contributed by atoms with Gasteiger partial charge in [0.25, 0.3) is 0 Å². The molecule has 0 atom stereocenters. The van der Waals surface area contributed by atoms with Gasteiger partial charge in [-0.1, -0.05) is 0 Å². The molecule has 7 nitrogen and oxygen atoms in total. The van der Waals surface area contributed by atoms with Crippen LogP contribution in [0.4, 0.5) is 5.69 Å². The summed E-state index contributed by atoms with van der Waals surface area (Å²) in [6.07, 6.45) is 0.824. The molecule has 150 valence electrons. The third-order valence-electron chi connectivity index (χ3n) is 4.93. The van der Waals surface area contributed by atoms with Crippen LogP contribution in [0, 0.1) is 6.92 Å². The van der Waals surface area contributed by atoms with Crippen LogP contribution in [0.1, 0.15) is 15.9 Å². The number of rotatable bonds is 6. The molecule has 1 aliphatic heterocycles. The molecule has 28 heavy (non-hydrogen) atoms. The second kappa shape index (κ2) is 8.20. The lowest BCUT2D eigenvalue weighted by Crippen LogP contribution is -2.48. The van der Waals surface area contributed by atoms with Crippen molar-refractivity contribution >= 4 is 22.0 Å². The molecule has 0 amide bonds. The summed E-state index contributed by atoms with van der Waals surface area (Å²) in [5, 5.41) is 0. The molecule has 2 aromatic rings. The van der Waals surface area contributed by atoms with Gasteiger partial charge in [-0.05, 0) is 42.8 Å². The van der Waals surface area contributed by atoms with E-state index in [0.717, 1.165) is 17.5 Å². The molecule has 1 aliphatic rings. The SMILES string of the molecule is COc1ccc(S(=O)(=O)N2CCN(c3ccc(C=O)cc3C)CC2)cc1OC. The van der Waals surface area contributed by atoms with Gasteiger partial charge in [-0.15, -0.1) is 0 Å². The Morgan fingerprint density at radius 2 is 1.61 bits per heavy atom. The maximum Gasteiger partial charge on any atom is 0.243 e. The largest absolute Gasteiger partial charge is 0.493 e. The fraction of sp³-hybridized carbons (Fsp3) is 0.350. The highest BCUT2D eigenvalue weighted by Crippen LogP contribution is 2.31. The smallest absolute Gasteiger partial charge is 0.243 e. The maximum atomic E-state index is 13.0. The van der Waals surface area contributed by atoms with E-state index in [2.05, 4.69) is 4.90 Å². The molecule has 0 aromatic heterocycles. The molecule has 0 saturated carbocycles. The van der Waals surface area contributed by atoms with Crippen molar-refractivity contribution in [3.63, 3.8) is 0 Å². The van der Waals surface area contributed by atoms with Gasteiger partial charge in [0.2, 0.25) is 10.0 Å². The lowest BCUT2D eigenvalue weighted by atomic mass is 10.1. The van der Waals surface area contributed by atoms with Crippen molar-refractivity contribution in [2.75, 3.05) is 45.3 Å². The topological polar surface area (TPSA) is 76.2 Å². The summed E-state index contributed by atoms with van der Waals surface area (Å²) in [5.74, 6) is 0.869. The van der Waals surface area contributed by atoms with Crippen molar-refractivity contribution < 1.29 is 22.7 Å². The molecule has 8 heteroatoms. The first-order valence-electron chi connectivity index (χ1n) is 8.93. The zero-order valence-electron chi connectivity index (χ0n) is 16.2. The Kier molecular flexibility index (Phi) is 5.90. The second-order valence-corrected chi connectivity index (χ2v) is 8.51. The zero-order chi connectivity index (χ0) is 20.3. The molecular formula is C20H24N2O5S. The fourth-order valence-electron chi connectivity index (χ4n) is 3.40. The number of hydrogen-bond acceptors (Lipinski definition) is 6. The Morgan fingerprint density at radius 3 is 2.18 bits per heavy atom. The number of nitrogens with zero attached hydrogens (tertiary/aromatic N) is 2. The molecule has 0 bridgehead atoms. The summed E-state index contributed by atoms with van der Waals surface area (Å²) in [6, 6.07) is 10.2. The van der Waals surface area contributed by atoms with E-state index in [1.807, 2.05) is 19.1 Å². The molecule has 1 saturated heterocycles. The zero-order valence-corrected chi connectivity index (χ0v) is 17.0. The number of carbonyl (C=O) groups is 1. The third-order valence-corrected chi connectivity index (χ3v) is 6.82. The monoisotopic (exact) mass is 404 g/mol. The fourth-order valence-corrected chi connectivity index (χ4v) is 4.84. The van der Waals surface area contributed by atoms with E-state index in [4.69, 9.17) is 9.47 Å². The minimum atomic E-state index is -3.62. The quantitative estimate of drug-likeness (QED) is 0.688. The number of carbonyl (C=O) groups excluding carboxylic acids is 1. The molecule has 0 aliphatic carbocycles. The summed E-state index contributed by atoms with van der Waals surface area (Å²) in [6.45, 7) is 3.87. The van der Waals surface area contributed by atoms with Gasteiger partial charge in [-0.25, -0.2) is 8.42 Å². The Balaban J connectivity index is 1.76. The minimum Gasteiger partial charge on any atom is -0.493 e. The Labute approximate surface area is 165 Å². The van der Waals surface area contributed by atoms with E-state index in [0.29, 0.717) is 43.2 Å². The first-order valence-corrected chi connectivity index (χ1v) is 10.4. The van der Waals surface area contributed by atoms with Crippen LogP contribution < -0.4 is 14.4 Å². The van der Waals surface area contributed by atoms with Crippen molar-refractivity contribution in [2.45, 2.75) is 11.8 Å². The van der Waals surface area contributed by atoms with Crippen molar-refractivity contribution in [3.05, 3.63) is 47.5 Å². The van der Waals surface area contributed by atoms with Gasteiger partial charge in [-0.2, -0.15) is 4.31 Å². The summed E-state index contributed by atoms with van der Waals surface area (Å²) in [7, 11) is -0.635. The predicted molar refractivity (Wildman–Crippen MR) is 107 cm³/mol. The number of aryl methyl sites for hydroxylation is 1. The molecule has 0 unspecified atom stereocenters. The molecule has 1 fully saturated rings. The van der Waals surface area contributed by atoms with Crippen LogP contribution >= 0.6 is 0 Å². The van der Waals surface area contributed by atoms with Crippen LogP contribution in [0.25, 0.3) is 0 Å². The standard InChI is InChI=1S/C20H24N2O5S/c1-15-12-16(14-23)4-6-18(15)21-8-10-22(11-9-21)28(24,25)17-5-7-19(26-2)20(13-17)27-3/h4-7,12-14H,8-11H2,1-3H3. The summed E-state index contributed by atoms with van der Waals surface area (Å²) in [4.78, 5) is 13.2. The van der Waals surface area contributed by atoms with Gasteiger partial charge in [-0.3, -0.25) is 4.79 Å². The number of ether oxygens (including phenoxy) is 2. The Hall–Kier alpha value is -2.58. The van der Waals surface area contributed by atoms with Crippen LogP contribution in [-0.2, 0) is 10.0 Å². The van der Waals surface area contributed by atoms with Gasteiger partial charge < -0.3 is 14.4 Å². The number of anilines is 1. The molecule has 3 rings (SSSR count). The van der Waals surface area contributed by atoms with Crippen LogP contribution in [0.5, 0.6) is 11.5 Å². The first-order chi connectivity index (χ1) is 13.4. The van der Waals surface area contributed by atoms with Gasteiger partial charge in [0.05, 0.1) is 19.1 Å². The van der Waals surface area contributed by atoms with Gasteiger partial charge in [0, 0.05) is 43.5 Å². The molecule has 1 heterocycles. The number of methoxy groups -OCH3 is 2. The number of sulfonamides is 1. The average Bonchev–Trinajstić information content (AvgIpc) is 2.73. The highest BCUT2D eigenvalue weighted by atomic mass is 32.2. The number of benzene rings is 2. The molecular weight excluding hydrogens is 380 g/mol. The highest BCUT2D eigenvalue weighted by molar-refractivity contribution is 7.89. The summed E-state index contributed by atoms with van der Waals surface area (Å²) >= 11 is 0. The first kappa shape index (κ1) is 20.2. The van der Waals surface area contributed by atoms with Gasteiger partial charge in [0.1, 0.15) is 6.29 Å². The van der Waals surface area contributed by atoms with Crippen LogP contribution in [0.2, 0.25) is 0 Å². The summed E-state index contributed by atoms with van der Waals surface area (Å²) < 4.78 is 37.9.